The summed E-state index contributed by atoms with van der Waals surface area (Å²) in [6.07, 6.45) is 2.86. The molecule has 0 bridgehead atoms. The van der Waals surface area contributed by atoms with Gasteiger partial charge in [0.2, 0.25) is 0 Å². The number of benzene rings is 1. The smallest absolute Gasteiger partial charge is 0.404 e. The maximum Gasteiger partial charge on any atom is 0.404 e. The highest BCUT2D eigenvalue weighted by atomic mass is 35.5. The van der Waals surface area contributed by atoms with E-state index >= 15 is 0 Å². The number of pyridine rings is 1. The number of halogens is 1. The SMILES string of the molecule is O=C(O)NCC1(CN(Cc2ccccc2)c2ccc(Cl)nc2)CC1. The van der Waals surface area contributed by atoms with Crippen LogP contribution < -0.4 is 10.2 Å². The van der Waals surface area contributed by atoms with Crippen molar-refractivity contribution < 1.29 is 9.90 Å². The Balaban J connectivity index is 1.77. The van der Waals surface area contributed by atoms with Gasteiger partial charge in [-0.2, -0.15) is 0 Å². The fraction of sp³-hybridized carbons (Fsp3) is 0.333. The summed E-state index contributed by atoms with van der Waals surface area (Å²) in [5.74, 6) is 0. The molecule has 0 spiro atoms. The van der Waals surface area contributed by atoms with E-state index in [2.05, 4.69) is 27.3 Å². The molecule has 0 atom stereocenters. The number of amides is 1. The summed E-state index contributed by atoms with van der Waals surface area (Å²) in [6, 6.07) is 14.0. The highest BCUT2D eigenvalue weighted by molar-refractivity contribution is 6.29. The predicted octanol–water partition coefficient (Wildman–Crippen LogP) is 3.79. The second-order valence-corrected chi connectivity index (χ2v) is 6.73. The van der Waals surface area contributed by atoms with Crippen molar-refractivity contribution in [3.05, 3.63) is 59.4 Å². The van der Waals surface area contributed by atoms with E-state index in [9.17, 15) is 4.79 Å². The van der Waals surface area contributed by atoms with Crippen LogP contribution in [0.4, 0.5) is 10.5 Å². The van der Waals surface area contributed by atoms with Crippen LogP contribution in [0.15, 0.2) is 48.7 Å². The lowest BCUT2D eigenvalue weighted by molar-refractivity contribution is 0.191. The van der Waals surface area contributed by atoms with Crippen LogP contribution in [0, 0.1) is 5.41 Å². The van der Waals surface area contributed by atoms with E-state index in [1.54, 1.807) is 12.3 Å². The summed E-state index contributed by atoms with van der Waals surface area (Å²) in [4.78, 5) is 17.2. The number of anilines is 1. The molecular weight excluding hydrogens is 326 g/mol. The lowest BCUT2D eigenvalue weighted by atomic mass is 10.1. The van der Waals surface area contributed by atoms with Crippen molar-refractivity contribution in [3.63, 3.8) is 0 Å². The summed E-state index contributed by atoms with van der Waals surface area (Å²) in [6.45, 7) is 2.01. The van der Waals surface area contributed by atoms with Crippen molar-refractivity contribution >= 4 is 23.4 Å². The number of nitrogens with one attached hydrogen (secondary N) is 1. The molecular formula is C18H20ClN3O2. The zero-order valence-corrected chi connectivity index (χ0v) is 14.0. The van der Waals surface area contributed by atoms with E-state index in [1.165, 1.54) is 5.56 Å². The molecule has 5 nitrogen and oxygen atoms in total. The number of nitrogens with zero attached hydrogens (tertiary/aromatic N) is 2. The molecule has 0 saturated heterocycles. The Morgan fingerprint density at radius 3 is 2.58 bits per heavy atom. The summed E-state index contributed by atoms with van der Waals surface area (Å²) < 4.78 is 0. The molecule has 3 rings (SSSR count). The van der Waals surface area contributed by atoms with Crippen LogP contribution in [0.1, 0.15) is 18.4 Å². The van der Waals surface area contributed by atoms with E-state index < -0.39 is 6.09 Å². The number of carboxylic acid groups (broad SMARTS) is 1. The van der Waals surface area contributed by atoms with Crippen LogP contribution >= 0.6 is 11.6 Å². The minimum atomic E-state index is -0.968. The van der Waals surface area contributed by atoms with E-state index in [-0.39, 0.29) is 5.41 Å². The number of rotatable bonds is 7. The first-order chi connectivity index (χ1) is 11.6. The van der Waals surface area contributed by atoms with Gasteiger partial charge in [-0.3, -0.25) is 0 Å². The third-order valence-corrected chi connectivity index (χ3v) is 4.61. The van der Waals surface area contributed by atoms with Crippen molar-refractivity contribution in [2.75, 3.05) is 18.0 Å². The number of aromatic nitrogens is 1. The Bertz CT molecular complexity index is 687. The molecule has 1 fully saturated rings. The molecule has 1 aromatic heterocycles. The summed E-state index contributed by atoms with van der Waals surface area (Å²) in [5.41, 5.74) is 2.20. The average molecular weight is 346 g/mol. The van der Waals surface area contributed by atoms with Gasteiger partial charge >= 0.3 is 6.09 Å². The molecule has 0 unspecified atom stereocenters. The lowest BCUT2D eigenvalue weighted by Crippen LogP contribution is -2.37. The second-order valence-electron chi connectivity index (χ2n) is 6.34. The fourth-order valence-corrected chi connectivity index (χ4v) is 2.94. The highest BCUT2D eigenvalue weighted by Crippen LogP contribution is 2.46. The summed E-state index contributed by atoms with van der Waals surface area (Å²) in [5, 5.41) is 11.9. The Morgan fingerprint density at radius 1 is 1.25 bits per heavy atom. The second kappa shape index (κ2) is 7.09. The van der Waals surface area contributed by atoms with Gasteiger partial charge in [-0.05, 0) is 30.5 Å². The summed E-state index contributed by atoms with van der Waals surface area (Å²) >= 11 is 5.90. The quantitative estimate of drug-likeness (QED) is 0.749. The lowest BCUT2D eigenvalue weighted by Gasteiger charge is -2.29. The van der Waals surface area contributed by atoms with Crippen molar-refractivity contribution in [2.24, 2.45) is 5.41 Å². The van der Waals surface area contributed by atoms with Crippen LogP contribution in [-0.2, 0) is 6.54 Å². The maximum absolute atomic E-state index is 10.8. The third-order valence-electron chi connectivity index (χ3n) is 4.39. The molecule has 6 heteroatoms. The van der Waals surface area contributed by atoms with Gasteiger partial charge in [-0.25, -0.2) is 9.78 Å². The molecule has 0 aliphatic heterocycles. The van der Waals surface area contributed by atoms with E-state index in [0.717, 1.165) is 31.6 Å². The van der Waals surface area contributed by atoms with Gasteiger partial charge in [0.1, 0.15) is 5.15 Å². The first-order valence-electron chi connectivity index (χ1n) is 7.94. The average Bonchev–Trinajstić information content (AvgIpc) is 3.34. The van der Waals surface area contributed by atoms with Gasteiger partial charge in [0, 0.05) is 25.0 Å². The predicted molar refractivity (Wildman–Crippen MR) is 94.4 cm³/mol. The molecule has 24 heavy (non-hydrogen) atoms. The van der Waals surface area contributed by atoms with Gasteiger partial charge in [-0.15, -0.1) is 0 Å². The minimum Gasteiger partial charge on any atom is -0.465 e. The number of hydrogen-bond acceptors (Lipinski definition) is 3. The Labute approximate surface area is 146 Å². The molecule has 1 saturated carbocycles. The minimum absolute atomic E-state index is 0.00675. The van der Waals surface area contributed by atoms with E-state index in [0.29, 0.717) is 11.7 Å². The van der Waals surface area contributed by atoms with E-state index in [1.807, 2.05) is 24.3 Å². The van der Waals surface area contributed by atoms with Crippen LogP contribution in [0.2, 0.25) is 5.15 Å². The molecule has 0 radical (unpaired) electrons. The first kappa shape index (κ1) is 16.6. The normalized spacial score (nSPS) is 14.9. The molecule has 1 aliphatic rings. The van der Waals surface area contributed by atoms with Gasteiger partial charge in [0.25, 0.3) is 0 Å². The van der Waals surface area contributed by atoms with Crippen molar-refractivity contribution in [3.8, 4) is 0 Å². The van der Waals surface area contributed by atoms with Gasteiger partial charge in [0.15, 0.2) is 0 Å². The Morgan fingerprint density at radius 2 is 2.00 bits per heavy atom. The van der Waals surface area contributed by atoms with Gasteiger partial charge in [-0.1, -0.05) is 41.9 Å². The monoisotopic (exact) mass is 345 g/mol. The maximum atomic E-state index is 10.8. The molecule has 1 amide bonds. The zero-order chi connectivity index (χ0) is 17.0. The van der Waals surface area contributed by atoms with Crippen LogP contribution in [0.5, 0.6) is 0 Å². The Hall–Kier alpha value is -2.27. The van der Waals surface area contributed by atoms with Gasteiger partial charge in [0.05, 0.1) is 11.9 Å². The molecule has 2 aromatic rings. The number of carbonyl (C=O) groups is 1. The van der Waals surface area contributed by atoms with E-state index in [4.69, 9.17) is 16.7 Å². The summed E-state index contributed by atoms with van der Waals surface area (Å²) in [7, 11) is 0. The van der Waals surface area contributed by atoms with Crippen LogP contribution in [-0.4, -0.2) is 29.3 Å². The molecule has 1 heterocycles. The van der Waals surface area contributed by atoms with Crippen molar-refractivity contribution in [2.45, 2.75) is 19.4 Å². The molecule has 1 aromatic carbocycles. The first-order valence-corrected chi connectivity index (χ1v) is 8.31. The highest BCUT2D eigenvalue weighted by Gasteiger charge is 2.44. The fourth-order valence-electron chi connectivity index (χ4n) is 2.83. The van der Waals surface area contributed by atoms with Crippen molar-refractivity contribution in [1.29, 1.82) is 0 Å². The Kier molecular flexibility index (Phi) is 4.90. The largest absolute Gasteiger partial charge is 0.465 e. The number of hydrogen-bond donors (Lipinski definition) is 2. The third kappa shape index (κ3) is 4.38. The standard InChI is InChI=1S/C18H20ClN3O2/c19-16-7-6-15(10-20-16)22(11-14-4-2-1-3-5-14)13-18(8-9-18)12-21-17(23)24/h1-7,10,21H,8-9,11-13H2,(H,23,24). The molecule has 126 valence electrons. The van der Waals surface area contributed by atoms with Crippen LogP contribution in [0.25, 0.3) is 0 Å². The molecule has 2 N–H and O–H groups in total. The van der Waals surface area contributed by atoms with Crippen molar-refractivity contribution in [1.82, 2.24) is 10.3 Å². The zero-order valence-electron chi connectivity index (χ0n) is 13.3. The van der Waals surface area contributed by atoms with Gasteiger partial charge < -0.3 is 15.3 Å². The molecule has 1 aliphatic carbocycles. The topological polar surface area (TPSA) is 65.5 Å². The van der Waals surface area contributed by atoms with Crippen LogP contribution in [0.3, 0.4) is 0 Å².